The molecule has 0 radical (unpaired) electrons. The Morgan fingerprint density at radius 2 is 1.97 bits per heavy atom. The SMILES string of the molecule is NC(=O)c1c(NC(=O)c2ccc(CN3CCSC3)cc2)sc2c(Cl)c(O)c(Cl)cc12. The number of phenols is 1. The number of rotatable bonds is 5. The lowest BCUT2D eigenvalue weighted by Gasteiger charge is -2.13. The second-order valence-corrected chi connectivity index (χ2v) is 9.69. The predicted octanol–water partition coefficient (Wildman–Crippen LogP) is 4.77. The van der Waals surface area contributed by atoms with Gasteiger partial charge in [0.25, 0.3) is 11.8 Å². The van der Waals surface area contributed by atoms with Crippen molar-refractivity contribution in [2.45, 2.75) is 6.54 Å². The zero-order chi connectivity index (χ0) is 21.4. The number of thioether (sulfide) groups is 1. The molecule has 0 bridgehead atoms. The largest absolute Gasteiger partial charge is 0.505 e. The number of amides is 2. The highest BCUT2D eigenvalue weighted by Crippen LogP contribution is 2.46. The van der Waals surface area contributed by atoms with Gasteiger partial charge in [-0.05, 0) is 23.8 Å². The van der Waals surface area contributed by atoms with Crippen LogP contribution < -0.4 is 11.1 Å². The van der Waals surface area contributed by atoms with Crippen molar-refractivity contribution in [3.63, 3.8) is 0 Å². The first-order chi connectivity index (χ1) is 14.3. The molecule has 1 saturated heterocycles. The lowest BCUT2D eigenvalue weighted by atomic mass is 10.1. The third-order valence-electron chi connectivity index (χ3n) is 4.77. The third-order valence-corrected chi connectivity index (χ3v) is 7.70. The maximum absolute atomic E-state index is 12.8. The molecule has 2 heterocycles. The number of anilines is 1. The summed E-state index contributed by atoms with van der Waals surface area (Å²) in [6.45, 7) is 1.91. The van der Waals surface area contributed by atoms with Gasteiger partial charge in [0.1, 0.15) is 10.0 Å². The first kappa shape index (κ1) is 21.3. The van der Waals surface area contributed by atoms with E-state index in [1.807, 2.05) is 23.9 Å². The van der Waals surface area contributed by atoms with E-state index in [4.69, 9.17) is 28.9 Å². The molecule has 2 amide bonds. The molecular weight excluding hydrogens is 465 g/mol. The summed E-state index contributed by atoms with van der Waals surface area (Å²) in [5, 5.41) is 13.3. The van der Waals surface area contributed by atoms with E-state index in [-0.39, 0.29) is 32.3 Å². The fourth-order valence-corrected chi connectivity index (χ4v) is 5.94. The molecule has 4 rings (SSSR count). The van der Waals surface area contributed by atoms with Gasteiger partial charge < -0.3 is 16.2 Å². The number of phenolic OH excluding ortho intramolecular Hbond substituents is 1. The molecule has 1 fully saturated rings. The number of halogens is 2. The molecular formula is C20H17Cl2N3O3S2. The van der Waals surface area contributed by atoms with Crippen molar-refractivity contribution in [3.05, 3.63) is 57.1 Å². The summed E-state index contributed by atoms with van der Waals surface area (Å²) < 4.78 is 0.418. The third kappa shape index (κ3) is 4.10. The van der Waals surface area contributed by atoms with Gasteiger partial charge in [0.2, 0.25) is 0 Å². The van der Waals surface area contributed by atoms with Crippen LogP contribution in [0.5, 0.6) is 5.75 Å². The Morgan fingerprint density at radius 1 is 1.23 bits per heavy atom. The molecule has 10 heteroatoms. The van der Waals surface area contributed by atoms with Gasteiger partial charge >= 0.3 is 0 Å². The van der Waals surface area contributed by atoms with Gasteiger partial charge in [0.15, 0.2) is 5.75 Å². The second-order valence-electron chi connectivity index (χ2n) is 6.81. The number of nitrogens with zero attached hydrogens (tertiary/aromatic N) is 1. The topological polar surface area (TPSA) is 95.7 Å². The number of thiophene rings is 1. The maximum Gasteiger partial charge on any atom is 0.256 e. The minimum atomic E-state index is -0.729. The van der Waals surface area contributed by atoms with Crippen LogP contribution in [0, 0.1) is 0 Å². The Kier molecular flexibility index (Phi) is 6.13. The van der Waals surface area contributed by atoms with E-state index < -0.39 is 5.91 Å². The highest BCUT2D eigenvalue weighted by molar-refractivity contribution is 7.99. The number of carbonyl (C=O) groups is 2. The molecule has 1 aromatic heterocycles. The molecule has 3 aromatic rings. The van der Waals surface area contributed by atoms with E-state index in [2.05, 4.69) is 10.2 Å². The van der Waals surface area contributed by atoms with Crippen LogP contribution in [0.4, 0.5) is 5.00 Å². The molecule has 0 aliphatic carbocycles. The molecule has 2 aromatic carbocycles. The summed E-state index contributed by atoms with van der Waals surface area (Å²) in [4.78, 5) is 27.2. The van der Waals surface area contributed by atoms with Crippen LogP contribution in [0.3, 0.4) is 0 Å². The fraction of sp³-hybridized carbons (Fsp3) is 0.200. The van der Waals surface area contributed by atoms with E-state index >= 15 is 0 Å². The number of benzene rings is 2. The molecule has 1 aliphatic rings. The quantitative estimate of drug-likeness (QED) is 0.487. The first-order valence-electron chi connectivity index (χ1n) is 8.99. The molecule has 0 spiro atoms. The Balaban J connectivity index is 1.60. The molecule has 0 atom stereocenters. The van der Waals surface area contributed by atoms with Gasteiger partial charge in [-0.15, -0.1) is 23.1 Å². The number of aromatic hydroxyl groups is 1. The van der Waals surface area contributed by atoms with Crippen molar-refractivity contribution in [2.75, 3.05) is 23.5 Å². The van der Waals surface area contributed by atoms with Gasteiger partial charge in [-0.25, -0.2) is 0 Å². The molecule has 0 unspecified atom stereocenters. The predicted molar refractivity (Wildman–Crippen MR) is 124 cm³/mol. The zero-order valence-corrected chi connectivity index (χ0v) is 18.7. The van der Waals surface area contributed by atoms with Crippen molar-refractivity contribution in [3.8, 4) is 5.75 Å². The van der Waals surface area contributed by atoms with Gasteiger partial charge in [-0.3, -0.25) is 14.5 Å². The summed E-state index contributed by atoms with van der Waals surface area (Å²) in [5.41, 5.74) is 7.23. The maximum atomic E-state index is 12.8. The van der Waals surface area contributed by atoms with E-state index in [1.54, 1.807) is 12.1 Å². The van der Waals surface area contributed by atoms with Crippen LogP contribution in [0.15, 0.2) is 30.3 Å². The summed E-state index contributed by atoms with van der Waals surface area (Å²) in [6, 6.07) is 8.76. The number of fused-ring (bicyclic) bond motifs is 1. The number of nitrogens with one attached hydrogen (secondary N) is 1. The van der Waals surface area contributed by atoms with Crippen LogP contribution in [-0.4, -0.2) is 40.0 Å². The molecule has 0 saturated carbocycles. The van der Waals surface area contributed by atoms with Gasteiger partial charge in [-0.1, -0.05) is 35.3 Å². The van der Waals surface area contributed by atoms with Crippen molar-refractivity contribution >= 4 is 73.2 Å². The summed E-state index contributed by atoms with van der Waals surface area (Å²) >= 11 is 15.1. The lowest BCUT2D eigenvalue weighted by Crippen LogP contribution is -2.19. The average molecular weight is 482 g/mol. The van der Waals surface area contributed by atoms with Crippen LogP contribution in [0.1, 0.15) is 26.3 Å². The number of nitrogens with two attached hydrogens (primary N) is 1. The van der Waals surface area contributed by atoms with E-state index in [0.717, 1.165) is 41.6 Å². The smallest absolute Gasteiger partial charge is 0.256 e. The highest BCUT2D eigenvalue weighted by atomic mass is 35.5. The minimum absolute atomic E-state index is 0.00216. The lowest BCUT2D eigenvalue weighted by molar-refractivity contribution is 0.100. The van der Waals surface area contributed by atoms with Crippen molar-refractivity contribution in [2.24, 2.45) is 5.73 Å². The second kappa shape index (κ2) is 8.64. The minimum Gasteiger partial charge on any atom is -0.505 e. The van der Waals surface area contributed by atoms with Crippen LogP contribution in [-0.2, 0) is 6.54 Å². The van der Waals surface area contributed by atoms with Crippen molar-refractivity contribution < 1.29 is 14.7 Å². The van der Waals surface area contributed by atoms with Crippen LogP contribution in [0.2, 0.25) is 10.0 Å². The number of primary amides is 1. The molecule has 30 heavy (non-hydrogen) atoms. The monoisotopic (exact) mass is 481 g/mol. The van der Waals surface area contributed by atoms with E-state index in [0.29, 0.717) is 15.6 Å². The van der Waals surface area contributed by atoms with Crippen molar-refractivity contribution in [1.29, 1.82) is 0 Å². The first-order valence-corrected chi connectivity index (χ1v) is 11.7. The number of hydrogen-bond donors (Lipinski definition) is 3. The van der Waals surface area contributed by atoms with Gasteiger partial charge in [0.05, 0.1) is 15.3 Å². The van der Waals surface area contributed by atoms with Crippen LogP contribution in [0.25, 0.3) is 10.1 Å². The normalized spacial score (nSPS) is 14.3. The Morgan fingerprint density at radius 3 is 2.60 bits per heavy atom. The average Bonchev–Trinajstić information content (AvgIpc) is 3.34. The Labute approximate surface area is 190 Å². The molecule has 156 valence electrons. The van der Waals surface area contributed by atoms with E-state index in [9.17, 15) is 14.7 Å². The highest BCUT2D eigenvalue weighted by Gasteiger charge is 2.23. The standard InChI is InChI=1S/C20H17Cl2N3O3S2/c21-13-7-12-14(18(23)27)20(30-17(12)15(22)16(13)26)24-19(28)11-3-1-10(2-4-11)8-25-5-6-29-9-25/h1-4,7,26H,5-6,8-9H2,(H2,23,27)(H,24,28). The zero-order valence-electron chi connectivity index (χ0n) is 15.6. The summed E-state index contributed by atoms with van der Waals surface area (Å²) in [7, 11) is 0. The van der Waals surface area contributed by atoms with Crippen LogP contribution >= 0.6 is 46.3 Å². The fourth-order valence-electron chi connectivity index (χ4n) is 3.26. The Hall–Kier alpha value is -1.97. The number of hydrogen-bond acceptors (Lipinski definition) is 6. The molecule has 4 N–H and O–H groups in total. The van der Waals surface area contributed by atoms with Crippen molar-refractivity contribution in [1.82, 2.24) is 4.90 Å². The number of carbonyl (C=O) groups excluding carboxylic acids is 2. The van der Waals surface area contributed by atoms with Gasteiger partial charge in [-0.2, -0.15) is 0 Å². The summed E-state index contributed by atoms with van der Waals surface area (Å²) in [6.07, 6.45) is 0. The molecule has 6 nitrogen and oxygen atoms in total. The summed E-state index contributed by atoms with van der Waals surface area (Å²) in [5.74, 6) is 0.775. The van der Waals surface area contributed by atoms with E-state index in [1.165, 1.54) is 6.07 Å². The Bertz CT molecular complexity index is 1140. The molecule has 1 aliphatic heterocycles. The van der Waals surface area contributed by atoms with Gasteiger partial charge in [0, 0.05) is 35.7 Å².